The highest BCUT2D eigenvalue weighted by Gasteiger charge is 2.09. The number of hydrogen-bond acceptors (Lipinski definition) is 5. The minimum Gasteiger partial charge on any atom is -0.487 e. The summed E-state index contributed by atoms with van der Waals surface area (Å²) in [5, 5.41) is 4.37. The Kier molecular flexibility index (Phi) is 4.49. The molecule has 0 amide bonds. The SMILES string of the molecule is Cc1cc(=O)oc2cc(OCc3csc(-c4ccccc4Cl)n3)ccc12. The average Bonchev–Trinajstić information content (AvgIpc) is 3.08. The van der Waals surface area contributed by atoms with Crippen LogP contribution in [0, 0.1) is 6.92 Å². The summed E-state index contributed by atoms with van der Waals surface area (Å²) < 4.78 is 11.1. The molecule has 6 heteroatoms. The fourth-order valence-corrected chi connectivity index (χ4v) is 3.81. The summed E-state index contributed by atoms with van der Waals surface area (Å²) in [4.78, 5) is 16.1. The predicted molar refractivity (Wildman–Crippen MR) is 104 cm³/mol. The van der Waals surface area contributed by atoms with Gasteiger partial charge in [0.15, 0.2) is 0 Å². The van der Waals surface area contributed by atoms with Gasteiger partial charge in [0, 0.05) is 28.5 Å². The van der Waals surface area contributed by atoms with Crippen molar-refractivity contribution in [1.82, 2.24) is 4.98 Å². The highest BCUT2D eigenvalue weighted by molar-refractivity contribution is 7.13. The number of hydrogen-bond donors (Lipinski definition) is 0. The molecule has 0 saturated carbocycles. The van der Waals surface area contributed by atoms with E-state index >= 15 is 0 Å². The van der Waals surface area contributed by atoms with Crippen molar-refractivity contribution in [2.45, 2.75) is 13.5 Å². The van der Waals surface area contributed by atoms with E-state index in [-0.39, 0.29) is 5.63 Å². The van der Waals surface area contributed by atoms with Crippen LogP contribution in [0.15, 0.2) is 63.1 Å². The molecule has 0 aliphatic carbocycles. The Morgan fingerprint density at radius 2 is 2.04 bits per heavy atom. The van der Waals surface area contributed by atoms with Crippen molar-refractivity contribution in [1.29, 1.82) is 0 Å². The van der Waals surface area contributed by atoms with E-state index in [1.807, 2.05) is 48.7 Å². The number of thiazole rings is 1. The summed E-state index contributed by atoms with van der Waals surface area (Å²) in [5.41, 5.74) is 2.76. The number of fused-ring (bicyclic) bond motifs is 1. The van der Waals surface area contributed by atoms with Crippen LogP contribution in [-0.2, 0) is 6.61 Å². The van der Waals surface area contributed by atoms with Gasteiger partial charge in [-0.15, -0.1) is 11.3 Å². The first-order valence-corrected chi connectivity index (χ1v) is 9.22. The van der Waals surface area contributed by atoms with Crippen LogP contribution < -0.4 is 10.4 Å². The van der Waals surface area contributed by atoms with Crippen LogP contribution in [0.25, 0.3) is 21.5 Å². The van der Waals surface area contributed by atoms with Gasteiger partial charge in [-0.1, -0.05) is 29.8 Å². The van der Waals surface area contributed by atoms with Crippen LogP contribution in [-0.4, -0.2) is 4.98 Å². The molecule has 4 nitrogen and oxygen atoms in total. The number of aromatic nitrogens is 1. The van der Waals surface area contributed by atoms with E-state index < -0.39 is 0 Å². The molecule has 26 heavy (non-hydrogen) atoms. The molecule has 0 N–H and O–H groups in total. The van der Waals surface area contributed by atoms with E-state index in [2.05, 4.69) is 4.98 Å². The molecule has 2 aromatic carbocycles. The normalized spacial score (nSPS) is 11.0. The first-order chi connectivity index (χ1) is 12.6. The predicted octanol–water partition coefficient (Wildman–Crippen LogP) is 5.46. The maximum absolute atomic E-state index is 11.5. The lowest BCUT2D eigenvalue weighted by molar-refractivity contribution is 0.302. The molecular formula is C20H14ClNO3S. The van der Waals surface area contributed by atoms with Crippen LogP contribution in [0.1, 0.15) is 11.3 Å². The quantitative estimate of drug-likeness (QED) is 0.439. The van der Waals surface area contributed by atoms with Gasteiger partial charge in [0.2, 0.25) is 0 Å². The summed E-state index contributed by atoms with van der Waals surface area (Å²) in [6.45, 7) is 2.20. The van der Waals surface area contributed by atoms with Gasteiger partial charge in [-0.2, -0.15) is 0 Å². The lowest BCUT2D eigenvalue weighted by Gasteiger charge is -2.06. The van der Waals surface area contributed by atoms with Gasteiger partial charge in [0.1, 0.15) is 22.9 Å². The van der Waals surface area contributed by atoms with Crippen molar-refractivity contribution in [3.05, 3.63) is 80.6 Å². The van der Waals surface area contributed by atoms with E-state index in [9.17, 15) is 4.79 Å². The fraction of sp³-hybridized carbons (Fsp3) is 0.100. The molecule has 4 aromatic rings. The summed E-state index contributed by atoms with van der Waals surface area (Å²) in [6, 6.07) is 14.6. The van der Waals surface area contributed by atoms with Crippen LogP contribution in [0.3, 0.4) is 0 Å². The number of ether oxygens (including phenoxy) is 1. The average molecular weight is 384 g/mol. The van der Waals surface area contributed by atoms with Crippen LogP contribution >= 0.6 is 22.9 Å². The Balaban J connectivity index is 1.54. The molecule has 0 saturated heterocycles. The zero-order valence-electron chi connectivity index (χ0n) is 13.9. The molecule has 130 valence electrons. The third kappa shape index (κ3) is 3.36. The van der Waals surface area contributed by atoms with Crippen molar-refractivity contribution >= 4 is 33.9 Å². The highest BCUT2D eigenvalue weighted by atomic mass is 35.5. The number of aryl methyl sites for hydroxylation is 1. The highest BCUT2D eigenvalue weighted by Crippen LogP contribution is 2.30. The Bertz CT molecular complexity index is 1150. The Morgan fingerprint density at radius 3 is 2.88 bits per heavy atom. The molecule has 0 radical (unpaired) electrons. The Morgan fingerprint density at radius 1 is 1.19 bits per heavy atom. The van der Waals surface area contributed by atoms with Crippen molar-refractivity contribution in [3.8, 4) is 16.3 Å². The Hall–Kier alpha value is -2.63. The van der Waals surface area contributed by atoms with Gasteiger partial charge in [0.25, 0.3) is 0 Å². The maximum Gasteiger partial charge on any atom is 0.336 e. The van der Waals surface area contributed by atoms with Crippen molar-refractivity contribution in [2.24, 2.45) is 0 Å². The van der Waals surface area contributed by atoms with E-state index in [1.54, 1.807) is 6.07 Å². The van der Waals surface area contributed by atoms with Gasteiger partial charge in [0.05, 0.1) is 10.7 Å². The topological polar surface area (TPSA) is 52.3 Å². The van der Waals surface area contributed by atoms with Gasteiger partial charge < -0.3 is 9.15 Å². The third-order valence-electron chi connectivity index (χ3n) is 3.97. The van der Waals surface area contributed by atoms with E-state index in [0.717, 1.165) is 27.2 Å². The largest absolute Gasteiger partial charge is 0.487 e. The number of nitrogens with zero attached hydrogens (tertiary/aromatic N) is 1. The second kappa shape index (κ2) is 6.94. The van der Waals surface area contributed by atoms with Crippen molar-refractivity contribution in [3.63, 3.8) is 0 Å². The second-order valence-corrected chi connectivity index (χ2v) is 7.08. The van der Waals surface area contributed by atoms with E-state index in [0.29, 0.717) is 23.0 Å². The molecular weight excluding hydrogens is 370 g/mol. The lowest BCUT2D eigenvalue weighted by atomic mass is 10.1. The van der Waals surface area contributed by atoms with E-state index in [4.69, 9.17) is 20.8 Å². The first kappa shape index (κ1) is 16.8. The molecule has 0 atom stereocenters. The molecule has 0 spiro atoms. The van der Waals surface area contributed by atoms with Crippen LogP contribution in [0.4, 0.5) is 0 Å². The molecule has 4 rings (SSSR count). The fourth-order valence-electron chi connectivity index (χ4n) is 2.68. The molecule has 0 aliphatic rings. The minimum atomic E-state index is -0.365. The van der Waals surface area contributed by atoms with Crippen molar-refractivity contribution < 1.29 is 9.15 Å². The molecule has 0 aliphatic heterocycles. The number of rotatable bonds is 4. The van der Waals surface area contributed by atoms with Gasteiger partial charge in [-0.05, 0) is 30.7 Å². The van der Waals surface area contributed by atoms with Gasteiger partial charge in [-0.3, -0.25) is 0 Å². The van der Waals surface area contributed by atoms with Gasteiger partial charge >= 0.3 is 5.63 Å². The summed E-state index contributed by atoms with van der Waals surface area (Å²) in [6.07, 6.45) is 0. The first-order valence-electron chi connectivity index (χ1n) is 7.97. The Labute approximate surface area is 158 Å². The zero-order chi connectivity index (χ0) is 18.1. The second-order valence-electron chi connectivity index (χ2n) is 5.82. The standard InChI is InChI=1S/C20H14ClNO3S/c1-12-8-19(23)25-18-9-14(6-7-15(12)18)24-10-13-11-26-20(22-13)16-4-2-3-5-17(16)21/h2-9,11H,10H2,1H3. The zero-order valence-corrected chi connectivity index (χ0v) is 15.4. The number of halogens is 1. The molecule has 0 unspecified atom stereocenters. The van der Waals surface area contributed by atoms with Crippen LogP contribution in [0.5, 0.6) is 5.75 Å². The molecule has 2 aromatic heterocycles. The minimum absolute atomic E-state index is 0.322. The molecule has 2 heterocycles. The van der Waals surface area contributed by atoms with Crippen LogP contribution in [0.2, 0.25) is 5.02 Å². The van der Waals surface area contributed by atoms with Crippen molar-refractivity contribution in [2.75, 3.05) is 0 Å². The summed E-state index contributed by atoms with van der Waals surface area (Å²) in [7, 11) is 0. The summed E-state index contributed by atoms with van der Waals surface area (Å²) >= 11 is 7.74. The summed E-state index contributed by atoms with van der Waals surface area (Å²) in [5.74, 6) is 0.624. The van der Waals surface area contributed by atoms with Gasteiger partial charge in [-0.25, -0.2) is 9.78 Å². The molecule has 0 bridgehead atoms. The maximum atomic E-state index is 11.5. The lowest BCUT2D eigenvalue weighted by Crippen LogP contribution is -1.99. The van der Waals surface area contributed by atoms with E-state index in [1.165, 1.54) is 17.4 Å². The smallest absolute Gasteiger partial charge is 0.336 e. The third-order valence-corrected chi connectivity index (χ3v) is 5.22. The number of benzene rings is 2. The monoisotopic (exact) mass is 383 g/mol. The molecule has 0 fully saturated rings.